The Bertz CT molecular complexity index is 469. The van der Waals surface area contributed by atoms with Crippen LogP contribution < -0.4 is 5.32 Å². The molecule has 5 heteroatoms. The van der Waals surface area contributed by atoms with Gasteiger partial charge in [0.25, 0.3) is 0 Å². The summed E-state index contributed by atoms with van der Waals surface area (Å²) in [6.07, 6.45) is 1.86. The molecule has 1 N–H and O–H groups in total. The number of hydrogen-bond donors (Lipinski definition) is 1. The quantitative estimate of drug-likeness (QED) is 0.878. The molecule has 0 saturated carbocycles. The van der Waals surface area contributed by atoms with Gasteiger partial charge in [0.15, 0.2) is 0 Å². The van der Waals surface area contributed by atoms with Crippen molar-refractivity contribution >= 4 is 12.4 Å². The van der Waals surface area contributed by atoms with E-state index in [0.29, 0.717) is 0 Å². The summed E-state index contributed by atoms with van der Waals surface area (Å²) >= 11 is 0. The fraction of sp³-hybridized carbons (Fsp3) is 0.357. The predicted octanol–water partition coefficient (Wildman–Crippen LogP) is 1.95. The number of nitrogens with zero attached hydrogens (tertiary/aromatic N) is 3. The first-order valence-electron chi connectivity index (χ1n) is 6.22. The first kappa shape index (κ1) is 15.7. The van der Waals surface area contributed by atoms with Crippen LogP contribution in [0.3, 0.4) is 0 Å². The van der Waals surface area contributed by atoms with Crippen molar-refractivity contribution in [3.05, 3.63) is 48.3 Å². The Morgan fingerprint density at radius 3 is 2.63 bits per heavy atom. The third-order valence-corrected chi connectivity index (χ3v) is 2.90. The van der Waals surface area contributed by atoms with Gasteiger partial charge in [0.2, 0.25) is 0 Å². The molecule has 0 unspecified atom stereocenters. The van der Waals surface area contributed by atoms with Gasteiger partial charge in [-0.15, -0.1) is 12.4 Å². The molecule has 19 heavy (non-hydrogen) atoms. The number of aromatic nitrogens is 2. The third kappa shape index (κ3) is 4.35. The molecule has 1 aromatic heterocycles. The molecule has 4 nitrogen and oxygen atoms in total. The van der Waals surface area contributed by atoms with Crippen molar-refractivity contribution in [2.45, 2.75) is 6.54 Å². The van der Waals surface area contributed by atoms with Gasteiger partial charge in [0, 0.05) is 25.8 Å². The van der Waals surface area contributed by atoms with Crippen LogP contribution in [0.25, 0.3) is 5.69 Å². The predicted molar refractivity (Wildman–Crippen MR) is 81.1 cm³/mol. The van der Waals surface area contributed by atoms with Gasteiger partial charge in [0.05, 0.1) is 11.4 Å². The molecule has 0 radical (unpaired) electrons. The molecule has 0 atom stereocenters. The highest BCUT2D eigenvalue weighted by atomic mass is 35.5. The lowest BCUT2D eigenvalue weighted by atomic mass is 10.3. The maximum atomic E-state index is 4.39. The second-order valence-corrected chi connectivity index (χ2v) is 4.41. The molecular weight excluding hydrogens is 260 g/mol. The molecule has 0 saturated heterocycles. The van der Waals surface area contributed by atoms with Gasteiger partial charge in [-0.25, -0.2) is 4.68 Å². The highest BCUT2D eigenvalue weighted by Gasteiger charge is 2.07. The number of para-hydroxylation sites is 1. The fourth-order valence-electron chi connectivity index (χ4n) is 1.91. The number of benzene rings is 1. The minimum atomic E-state index is 0. The van der Waals surface area contributed by atoms with Crippen molar-refractivity contribution in [3.63, 3.8) is 0 Å². The molecule has 1 heterocycles. The van der Waals surface area contributed by atoms with Crippen molar-refractivity contribution in [2.24, 2.45) is 0 Å². The first-order valence-corrected chi connectivity index (χ1v) is 6.22. The van der Waals surface area contributed by atoms with Crippen LogP contribution in [0.1, 0.15) is 5.69 Å². The Balaban J connectivity index is 0.00000180. The standard InChI is InChI=1S/C14H20N4.ClH/c1-15-10-11-17(2)12-14-8-9-16-18(14)13-6-4-3-5-7-13;/h3-9,15H,10-12H2,1-2H3;1H. The van der Waals surface area contributed by atoms with Crippen molar-refractivity contribution in [1.82, 2.24) is 20.0 Å². The molecule has 2 aromatic rings. The van der Waals surface area contributed by atoms with E-state index in [0.717, 1.165) is 25.3 Å². The van der Waals surface area contributed by atoms with Crippen LogP contribution in [0.4, 0.5) is 0 Å². The van der Waals surface area contributed by atoms with E-state index < -0.39 is 0 Å². The highest BCUT2D eigenvalue weighted by molar-refractivity contribution is 5.85. The largest absolute Gasteiger partial charge is 0.318 e. The van der Waals surface area contributed by atoms with Gasteiger partial charge in [-0.2, -0.15) is 5.10 Å². The summed E-state index contributed by atoms with van der Waals surface area (Å²) in [6, 6.07) is 12.3. The van der Waals surface area contributed by atoms with Gasteiger partial charge in [-0.05, 0) is 32.3 Å². The summed E-state index contributed by atoms with van der Waals surface area (Å²) in [5.74, 6) is 0. The van der Waals surface area contributed by atoms with Crippen molar-refractivity contribution in [1.29, 1.82) is 0 Å². The lowest BCUT2D eigenvalue weighted by Crippen LogP contribution is -2.27. The van der Waals surface area contributed by atoms with Gasteiger partial charge >= 0.3 is 0 Å². The second kappa shape index (κ2) is 7.94. The van der Waals surface area contributed by atoms with Crippen LogP contribution in [0.5, 0.6) is 0 Å². The zero-order chi connectivity index (χ0) is 12.8. The van der Waals surface area contributed by atoms with Crippen LogP contribution in [0.15, 0.2) is 42.6 Å². The number of nitrogens with one attached hydrogen (secondary N) is 1. The molecular formula is C14H21ClN4. The van der Waals surface area contributed by atoms with Crippen LogP contribution in [0, 0.1) is 0 Å². The van der Waals surface area contributed by atoms with E-state index in [9.17, 15) is 0 Å². The molecule has 0 spiro atoms. The van der Waals surface area contributed by atoms with Crippen molar-refractivity contribution in [2.75, 3.05) is 27.2 Å². The average Bonchev–Trinajstić information content (AvgIpc) is 2.85. The van der Waals surface area contributed by atoms with E-state index in [-0.39, 0.29) is 12.4 Å². The second-order valence-electron chi connectivity index (χ2n) is 4.41. The van der Waals surface area contributed by atoms with Gasteiger partial charge in [-0.1, -0.05) is 18.2 Å². The Hall–Kier alpha value is -1.36. The monoisotopic (exact) mass is 280 g/mol. The maximum absolute atomic E-state index is 4.39. The number of likely N-dealkylation sites (N-methyl/N-ethyl adjacent to an activating group) is 2. The summed E-state index contributed by atoms with van der Waals surface area (Å²) < 4.78 is 2.00. The molecule has 0 bridgehead atoms. The van der Waals surface area contributed by atoms with Crippen LogP contribution >= 0.6 is 12.4 Å². The van der Waals surface area contributed by atoms with E-state index in [1.807, 2.05) is 36.1 Å². The third-order valence-electron chi connectivity index (χ3n) is 2.90. The zero-order valence-corrected chi connectivity index (χ0v) is 12.2. The minimum Gasteiger partial charge on any atom is -0.318 e. The Labute approximate surface area is 120 Å². The van der Waals surface area contributed by atoms with E-state index in [4.69, 9.17) is 0 Å². The molecule has 0 aliphatic heterocycles. The summed E-state index contributed by atoms with van der Waals surface area (Å²) in [7, 11) is 4.10. The number of hydrogen-bond acceptors (Lipinski definition) is 3. The zero-order valence-electron chi connectivity index (χ0n) is 11.4. The van der Waals surface area contributed by atoms with Gasteiger partial charge < -0.3 is 5.32 Å². The molecule has 1 aromatic carbocycles. The van der Waals surface area contributed by atoms with E-state index in [2.05, 4.69) is 40.6 Å². The van der Waals surface area contributed by atoms with Crippen molar-refractivity contribution in [3.8, 4) is 5.69 Å². The molecule has 0 aliphatic rings. The SMILES string of the molecule is CNCCN(C)Cc1ccnn1-c1ccccc1.Cl. The first-order chi connectivity index (χ1) is 8.81. The average molecular weight is 281 g/mol. The summed E-state index contributed by atoms with van der Waals surface area (Å²) in [5, 5.41) is 7.55. The minimum absolute atomic E-state index is 0. The normalized spacial score (nSPS) is 10.5. The molecule has 0 aliphatic carbocycles. The van der Waals surface area contributed by atoms with E-state index in [1.165, 1.54) is 5.69 Å². The van der Waals surface area contributed by atoms with Gasteiger partial charge in [0.1, 0.15) is 0 Å². The number of rotatable bonds is 6. The van der Waals surface area contributed by atoms with Gasteiger partial charge in [-0.3, -0.25) is 4.90 Å². The summed E-state index contributed by atoms with van der Waals surface area (Å²) in [6.45, 7) is 2.92. The topological polar surface area (TPSA) is 33.1 Å². The number of halogens is 1. The Kier molecular flexibility index (Phi) is 6.56. The van der Waals surface area contributed by atoms with Crippen LogP contribution in [-0.4, -0.2) is 41.9 Å². The highest BCUT2D eigenvalue weighted by Crippen LogP contribution is 2.11. The molecule has 0 fully saturated rings. The van der Waals surface area contributed by atoms with Crippen LogP contribution in [0.2, 0.25) is 0 Å². The summed E-state index contributed by atoms with van der Waals surface area (Å²) in [4.78, 5) is 2.28. The molecule has 2 rings (SSSR count). The molecule has 0 amide bonds. The smallest absolute Gasteiger partial charge is 0.0649 e. The Morgan fingerprint density at radius 2 is 1.95 bits per heavy atom. The van der Waals surface area contributed by atoms with Crippen LogP contribution in [-0.2, 0) is 6.54 Å². The van der Waals surface area contributed by atoms with E-state index in [1.54, 1.807) is 0 Å². The molecule has 104 valence electrons. The Morgan fingerprint density at radius 1 is 1.21 bits per heavy atom. The lowest BCUT2D eigenvalue weighted by molar-refractivity contribution is 0.321. The fourth-order valence-corrected chi connectivity index (χ4v) is 1.91. The maximum Gasteiger partial charge on any atom is 0.0649 e. The summed E-state index contributed by atoms with van der Waals surface area (Å²) in [5.41, 5.74) is 2.32. The van der Waals surface area contributed by atoms with Crippen molar-refractivity contribution < 1.29 is 0 Å². The van der Waals surface area contributed by atoms with E-state index >= 15 is 0 Å². The lowest BCUT2D eigenvalue weighted by Gasteiger charge is -2.17.